The van der Waals surface area contributed by atoms with Crippen molar-refractivity contribution >= 4 is 17.8 Å². The number of carbonyl (C=O) groups is 2. The largest absolute Gasteiger partial charge is 0.486 e. The number of para-hydroxylation sites is 3. The number of amides is 2. The average Bonchev–Trinajstić information content (AvgIpc) is 3.57. The van der Waals surface area contributed by atoms with Gasteiger partial charge in [-0.1, -0.05) is 30.3 Å². The smallest absolute Gasteiger partial charge is 0.416 e. The highest BCUT2D eigenvalue weighted by Gasteiger charge is 2.37. The second kappa shape index (κ2) is 11.9. The molecule has 1 fully saturated rings. The van der Waals surface area contributed by atoms with Crippen LogP contribution in [0, 0.1) is 0 Å². The first-order valence-electron chi connectivity index (χ1n) is 13.4. The van der Waals surface area contributed by atoms with Crippen molar-refractivity contribution in [1.82, 2.24) is 29.7 Å². The van der Waals surface area contributed by atoms with Gasteiger partial charge in [0.15, 0.2) is 11.5 Å². The fourth-order valence-electron chi connectivity index (χ4n) is 4.78. The van der Waals surface area contributed by atoms with Crippen LogP contribution < -0.4 is 24.4 Å². The number of aromatic nitrogens is 4. The summed E-state index contributed by atoms with van der Waals surface area (Å²) in [5, 5.41) is 2.98. The maximum Gasteiger partial charge on any atom is 0.416 e. The van der Waals surface area contributed by atoms with Crippen molar-refractivity contribution in [2.75, 3.05) is 37.7 Å². The van der Waals surface area contributed by atoms with Crippen molar-refractivity contribution in [1.29, 1.82) is 0 Å². The van der Waals surface area contributed by atoms with Crippen molar-refractivity contribution in [2.24, 2.45) is 0 Å². The van der Waals surface area contributed by atoms with E-state index in [0.717, 1.165) is 0 Å². The Kier molecular flexibility index (Phi) is 7.61. The van der Waals surface area contributed by atoms with Crippen LogP contribution in [0.2, 0.25) is 0 Å². The average molecular weight is 556 g/mol. The minimum absolute atomic E-state index is 0.199. The molecular formula is C29H29N7O5. The molecule has 0 aliphatic carbocycles. The van der Waals surface area contributed by atoms with Crippen LogP contribution >= 0.6 is 0 Å². The second-order valence-corrected chi connectivity index (χ2v) is 9.60. The molecule has 4 heterocycles. The molecule has 4 aromatic rings. The van der Waals surface area contributed by atoms with Crippen LogP contribution in [0.3, 0.4) is 0 Å². The predicted molar refractivity (Wildman–Crippen MR) is 148 cm³/mol. The zero-order valence-corrected chi connectivity index (χ0v) is 22.2. The Labute approximate surface area is 236 Å². The lowest BCUT2D eigenvalue weighted by molar-refractivity contribution is -0.126. The highest BCUT2D eigenvalue weighted by atomic mass is 16.6. The summed E-state index contributed by atoms with van der Waals surface area (Å²) in [6.45, 7) is 1.70. The topological polar surface area (TPSA) is 124 Å². The summed E-state index contributed by atoms with van der Waals surface area (Å²) in [6.07, 6.45) is 6.45. The van der Waals surface area contributed by atoms with Gasteiger partial charge in [-0.15, -0.1) is 0 Å². The highest BCUT2D eigenvalue weighted by Crippen LogP contribution is 2.31. The third-order valence-corrected chi connectivity index (χ3v) is 6.89. The van der Waals surface area contributed by atoms with Crippen molar-refractivity contribution < 1.29 is 23.8 Å². The molecule has 0 radical (unpaired) electrons. The van der Waals surface area contributed by atoms with Gasteiger partial charge in [0.2, 0.25) is 11.9 Å². The molecule has 41 heavy (non-hydrogen) atoms. The van der Waals surface area contributed by atoms with E-state index < -0.39 is 12.1 Å². The molecule has 0 bridgehead atoms. The summed E-state index contributed by atoms with van der Waals surface area (Å²) in [6, 6.07) is 17.3. The van der Waals surface area contributed by atoms with Crippen LogP contribution in [-0.2, 0) is 4.79 Å². The minimum atomic E-state index is -0.809. The van der Waals surface area contributed by atoms with Gasteiger partial charge in [0, 0.05) is 51.2 Å². The fraction of sp³-hybridized carbons (Fsp3) is 0.276. The normalized spacial score (nSPS) is 18.0. The Bertz CT molecular complexity index is 1480. The number of nitrogens with zero attached hydrogens (tertiary/aromatic N) is 6. The molecule has 12 heteroatoms. The molecule has 210 valence electrons. The van der Waals surface area contributed by atoms with Crippen LogP contribution in [0.25, 0.3) is 5.95 Å². The first-order chi connectivity index (χ1) is 20.1. The van der Waals surface area contributed by atoms with Gasteiger partial charge < -0.3 is 24.4 Å². The van der Waals surface area contributed by atoms with Gasteiger partial charge in [0.05, 0.1) is 0 Å². The number of ether oxygens (including phenoxy) is 3. The summed E-state index contributed by atoms with van der Waals surface area (Å²) in [7, 11) is 0. The number of anilines is 1. The summed E-state index contributed by atoms with van der Waals surface area (Å²) >= 11 is 0. The van der Waals surface area contributed by atoms with E-state index in [1.807, 2.05) is 35.2 Å². The van der Waals surface area contributed by atoms with E-state index in [2.05, 4.69) is 20.3 Å². The van der Waals surface area contributed by atoms with Crippen LogP contribution in [0.5, 0.6) is 17.2 Å². The maximum atomic E-state index is 13.5. The third kappa shape index (κ3) is 6.06. The van der Waals surface area contributed by atoms with Gasteiger partial charge >= 0.3 is 6.09 Å². The first-order valence-corrected chi connectivity index (χ1v) is 13.4. The van der Waals surface area contributed by atoms with Crippen LogP contribution in [0.1, 0.15) is 6.42 Å². The number of hydrogen-bond acceptors (Lipinski definition) is 9. The van der Waals surface area contributed by atoms with Gasteiger partial charge in [0.1, 0.15) is 36.6 Å². The van der Waals surface area contributed by atoms with Gasteiger partial charge in [-0.25, -0.2) is 14.8 Å². The van der Waals surface area contributed by atoms with E-state index in [-0.39, 0.29) is 25.1 Å². The molecule has 0 saturated carbocycles. The SMILES string of the molecule is O=C(NCCC1COc2ccccc2O1)C1CN(c2ccnc(-n3ccnc3)n2)CCN1C(=O)Oc1ccccc1. The quantitative estimate of drug-likeness (QED) is 0.367. The number of hydrogen-bond donors (Lipinski definition) is 1. The lowest BCUT2D eigenvalue weighted by atomic mass is 10.1. The monoisotopic (exact) mass is 555 g/mol. The molecule has 2 unspecified atom stereocenters. The zero-order valence-electron chi connectivity index (χ0n) is 22.2. The summed E-state index contributed by atoms with van der Waals surface area (Å²) in [5.41, 5.74) is 0. The molecule has 2 atom stereocenters. The third-order valence-electron chi connectivity index (χ3n) is 6.89. The lowest BCUT2D eigenvalue weighted by Crippen LogP contribution is -2.61. The van der Waals surface area contributed by atoms with E-state index >= 15 is 0 Å². The standard InChI is InChI=1S/C29H29N7O5/c37-27(31-12-10-22-19-39-24-8-4-5-9-25(24)40-22)23-18-34(26-11-13-32-28(33-26)35-15-14-30-20-35)16-17-36(23)29(38)41-21-6-2-1-3-7-21/h1-9,11,13-15,20,22-23H,10,12,16-19H2,(H,31,37). The molecule has 2 aliphatic heterocycles. The van der Waals surface area contributed by atoms with Crippen molar-refractivity contribution in [3.05, 3.63) is 85.6 Å². The first kappa shape index (κ1) is 26.1. The predicted octanol–water partition coefficient (Wildman–Crippen LogP) is 2.70. The van der Waals surface area contributed by atoms with Gasteiger partial charge in [-0.3, -0.25) is 14.3 Å². The Balaban J connectivity index is 1.14. The Morgan fingerprint density at radius 1 is 1.00 bits per heavy atom. The number of carbonyl (C=O) groups excluding carboxylic acids is 2. The van der Waals surface area contributed by atoms with Crippen molar-refractivity contribution in [3.8, 4) is 23.2 Å². The summed E-state index contributed by atoms with van der Waals surface area (Å²) in [4.78, 5) is 43.2. The number of fused-ring (bicyclic) bond motifs is 1. The van der Waals surface area contributed by atoms with E-state index in [0.29, 0.717) is 55.1 Å². The second-order valence-electron chi connectivity index (χ2n) is 9.60. The van der Waals surface area contributed by atoms with Crippen LogP contribution in [0.4, 0.5) is 10.6 Å². The number of nitrogens with one attached hydrogen (secondary N) is 1. The van der Waals surface area contributed by atoms with Crippen LogP contribution in [0.15, 0.2) is 85.6 Å². The van der Waals surface area contributed by atoms with E-state index in [1.54, 1.807) is 59.8 Å². The summed E-state index contributed by atoms with van der Waals surface area (Å²) in [5.74, 6) is 2.62. The molecule has 1 saturated heterocycles. The van der Waals surface area contributed by atoms with Crippen molar-refractivity contribution in [2.45, 2.75) is 18.6 Å². The van der Waals surface area contributed by atoms with Gasteiger partial charge in [-0.05, 0) is 30.3 Å². The number of piperazine rings is 1. The molecule has 2 aliphatic rings. The maximum absolute atomic E-state index is 13.5. The molecule has 2 aromatic heterocycles. The lowest BCUT2D eigenvalue weighted by Gasteiger charge is -2.40. The van der Waals surface area contributed by atoms with E-state index in [9.17, 15) is 9.59 Å². The Hall–Kier alpha value is -5.13. The van der Waals surface area contributed by atoms with E-state index in [1.165, 1.54) is 4.90 Å². The number of rotatable bonds is 7. The molecule has 2 amide bonds. The number of benzene rings is 2. The molecular weight excluding hydrogens is 526 g/mol. The fourth-order valence-corrected chi connectivity index (χ4v) is 4.78. The molecule has 0 spiro atoms. The number of imidazole rings is 1. The van der Waals surface area contributed by atoms with Gasteiger partial charge in [0.25, 0.3) is 0 Å². The van der Waals surface area contributed by atoms with E-state index in [4.69, 9.17) is 14.2 Å². The Morgan fingerprint density at radius 2 is 1.83 bits per heavy atom. The Morgan fingerprint density at radius 3 is 2.66 bits per heavy atom. The minimum Gasteiger partial charge on any atom is -0.486 e. The van der Waals surface area contributed by atoms with Crippen LogP contribution in [-0.4, -0.2) is 81.4 Å². The molecule has 6 rings (SSSR count). The molecule has 1 N–H and O–H groups in total. The van der Waals surface area contributed by atoms with Crippen molar-refractivity contribution in [3.63, 3.8) is 0 Å². The highest BCUT2D eigenvalue weighted by molar-refractivity contribution is 5.87. The molecule has 12 nitrogen and oxygen atoms in total. The zero-order chi connectivity index (χ0) is 28.0. The van der Waals surface area contributed by atoms with Gasteiger partial charge in [-0.2, -0.15) is 4.98 Å². The summed E-state index contributed by atoms with van der Waals surface area (Å²) < 4.78 is 19.1. The molecule has 2 aromatic carbocycles.